The Labute approximate surface area is 87.1 Å². The van der Waals surface area contributed by atoms with Gasteiger partial charge in [0.25, 0.3) is 0 Å². The molecule has 0 bridgehead atoms. The number of hydrogen-bond donors (Lipinski definition) is 1. The van der Waals surface area contributed by atoms with Crippen molar-refractivity contribution >= 4 is 17.5 Å². The minimum Gasteiger partial charge on any atom is -0.356 e. The van der Waals surface area contributed by atoms with Crippen LogP contribution in [-0.2, 0) is 11.2 Å². The van der Waals surface area contributed by atoms with E-state index in [1.807, 2.05) is 6.92 Å². The Morgan fingerprint density at radius 2 is 2.29 bits per heavy atom. The van der Waals surface area contributed by atoms with Crippen LogP contribution >= 0.6 is 11.6 Å². The van der Waals surface area contributed by atoms with Gasteiger partial charge in [0.2, 0.25) is 5.91 Å². The smallest absolute Gasteiger partial charge is 0.224 e. The van der Waals surface area contributed by atoms with Crippen LogP contribution in [0.5, 0.6) is 0 Å². The molecule has 4 heteroatoms. The summed E-state index contributed by atoms with van der Waals surface area (Å²) in [5.41, 5.74) is 0.361. The molecule has 1 amide bonds. The maximum Gasteiger partial charge on any atom is 0.224 e. The molecule has 14 heavy (non-hydrogen) atoms. The molecule has 0 spiro atoms. The second-order valence-electron chi connectivity index (χ2n) is 2.87. The van der Waals surface area contributed by atoms with Gasteiger partial charge < -0.3 is 5.32 Å². The van der Waals surface area contributed by atoms with E-state index in [1.165, 1.54) is 12.1 Å². The molecule has 0 fully saturated rings. The number of carbonyl (C=O) groups excluding carboxylic acids is 1. The predicted octanol–water partition coefficient (Wildman–Crippen LogP) is 2.16. The zero-order valence-electron chi connectivity index (χ0n) is 7.81. The monoisotopic (exact) mass is 215 g/mol. The largest absolute Gasteiger partial charge is 0.356 e. The van der Waals surface area contributed by atoms with Crippen LogP contribution in [0, 0.1) is 5.82 Å². The van der Waals surface area contributed by atoms with Crippen LogP contribution in [0.15, 0.2) is 18.2 Å². The fraction of sp³-hybridized carbons (Fsp3) is 0.300. The highest BCUT2D eigenvalue weighted by Gasteiger charge is 2.07. The van der Waals surface area contributed by atoms with Crippen molar-refractivity contribution in [3.05, 3.63) is 34.6 Å². The van der Waals surface area contributed by atoms with E-state index in [9.17, 15) is 9.18 Å². The topological polar surface area (TPSA) is 29.1 Å². The Hall–Kier alpha value is -1.09. The molecule has 0 heterocycles. The Bertz CT molecular complexity index is 341. The van der Waals surface area contributed by atoms with Crippen LogP contribution in [0.3, 0.4) is 0 Å². The van der Waals surface area contributed by atoms with E-state index in [-0.39, 0.29) is 12.3 Å². The first-order valence-corrected chi connectivity index (χ1v) is 4.72. The standard InChI is InChI=1S/C10H11ClFNO/c1-2-13-10(14)5-7-3-4-8(11)6-9(7)12/h3-4,6H,2,5H2,1H3,(H,13,14). The molecule has 2 nitrogen and oxygen atoms in total. The third kappa shape index (κ3) is 3.00. The molecule has 0 radical (unpaired) electrons. The summed E-state index contributed by atoms with van der Waals surface area (Å²) in [4.78, 5) is 11.1. The summed E-state index contributed by atoms with van der Waals surface area (Å²) in [7, 11) is 0. The van der Waals surface area contributed by atoms with Crippen molar-refractivity contribution in [3.8, 4) is 0 Å². The van der Waals surface area contributed by atoms with Gasteiger partial charge in [-0.1, -0.05) is 17.7 Å². The van der Waals surface area contributed by atoms with E-state index in [2.05, 4.69) is 5.32 Å². The summed E-state index contributed by atoms with van der Waals surface area (Å²) in [6.45, 7) is 2.37. The normalized spacial score (nSPS) is 9.93. The SMILES string of the molecule is CCNC(=O)Cc1ccc(Cl)cc1F. The lowest BCUT2D eigenvalue weighted by Gasteiger charge is -2.03. The molecule has 1 rings (SSSR count). The van der Waals surface area contributed by atoms with E-state index in [0.29, 0.717) is 17.1 Å². The first-order valence-electron chi connectivity index (χ1n) is 4.34. The van der Waals surface area contributed by atoms with Gasteiger partial charge in [0.1, 0.15) is 5.82 Å². The zero-order chi connectivity index (χ0) is 10.6. The molecule has 0 aliphatic heterocycles. The summed E-state index contributed by atoms with van der Waals surface area (Å²) in [5, 5.41) is 2.93. The highest BCUT2D eigenvalue weighted by atomic mass is 35.5. The summed E-state index contributed by atoms with van der Waals surface area (Å²) in [6.07, 6.45) is 0.0524. The van der Waals surface area contributed by atoms with Gasteiger partial charge in [0.05, 0.1) is 6.42 Å². The van der Waals surface area contributed by atoms with Gasteiger partial charge in [-0.15, -0.1) is 0 Å². The summed E-state index contributed by atoms with van der Waals surface area (Å²) in [5.74, 6) is -0.627. The lowest BCUT2D eigenvalue weighted by molar-refractivity contribution is -0.120. The number of likely N-dealkylation sites (N-methyl/N-ethyl adjacent to an activating group) is 1. The van der Waals surface area contributed by atoms with Crippen LogP contribution in [-0.4, -0.2) is 12.5 Å². The van der Waals surface area contributed by atoms with Crippen LogP contribution in [0.4, 0.5) is 4.39 Å². The first kappa shape index (κ1) is 11.0. The molecule has 76 valence electrons. The van der Waals surface area contributed by atoms with Gasteiger partial charge in [-0.25, -0.2) is 4.39 Å². The fourth-order valence-corrected chi connectivity index (χ4v) is 1.26. The molecule has 0 atom stereocenters. The van der Waals surface area contributed by atoms with Crippen molar-refractivity contribution in [2.75, 3.05) is 6.54 Å². The Kier molecular flexibility index (Phi) is 3.89. The molecule has 1 N–H and O–H groups in total. The van der Waals surface area contributed by atoms with Crippen molar-refractivity contribution in [3.63, 3.8) is 0 Å². The Balaban J connectivity index is 2.72. The average molecular weight is 216 g/mol. The Morgan fingerprint density at radius 3 is 2.86 bits per heavy atom. The van der Waals surface area contributed by atoms with Gasteiger partial charge in [0.15, 0.2) is 0 Å². The third-order valence-corrected chi connectivity index (χ3v) is 1.98. The number of benzene rings is 1. The molecular formula is C10H11ClFNO. The average Bonchev–Trinajstić information content (AvgIpc) is 2.10. The number of rotatable bonds is 3. The lowest BCUT2D eigenvalue weighted by atomic mass is 10.1. The molecule has 1 aromatic rings. The van der Waals surface area contributed by atoms with E-state index in [0.717, 1.165) is 0 Å². The fourth-order valence-electron chi connectivity index (χ4n) is 1.10. The summed E-state index contributed by atoms with van der Waals surface area (Å²) in [6, 6.07) is 4.29. The number of carbonyl (C=O) groups is 1. The molecule has 0 aliphatic carbocycles. The second-order valence-corrected chi connectivity index (χ2v) is 3.30. The van der Waals surface area contributed by atoms with Crippen LogP contribution in [0.1, 0.15) is 12.5 Å². The minimum atomic E-state index is -0.441. The number of hydrogen-bond acceptors (Lipinski definition) is 1. The highest BCUT2D eigenvalue weighted by Crippen LogP contribution is 2.14. The van der Waals surface area contributed by atoms with Crippen molar-refractivity contribution in [1.82, 2.24) is 5.32 Å². The van der Waals surface area contributed by atoms with Gasteiger partial charge >= 0.3 is 0 Å². The zero-order valence-corrected chi connectivity index (χ0v) is 8.57. The van der Waals surface area contributed by atoms with Gasteiger partial charge in [-0.05, 0) is 24.6 Å². The minimum absolute atomic E-state index is 0.0524. The first-order chi connectivity index (χ1) is 6.63. The van der Waals surface area contributed by atoms with Crippen molar-refractivity contribution in [1.29, 1.82) is 0 Å². The summed E-state index contributed by atoms with van der Waals surface area (Å²) < 4.78 is 13.2. The maximum absolute atomic E-state index is 13.2. The van der Waals surface area contributed by atoms with E-state index >= 15 is 0 Å². The third-order valence-electron chi connectivity index (χ3n) is 1.74. The predicted molar refractivity (Wildman–Crippen MR) is 53.8 cm³/mol. The van der Waals surface area contributed by atoms with Crippen molar-refractivity contribution in [2.45, 2.75) is 13.3 Å². The van der Waals surface area contributed by atoms with Crippen LogP contribution < -0.4 is 5.32 Å². The molecule has 0 unspecified atom stereocenters. The molecule has 1 aromatic carbocycles. The molecule has 0 saturated carbocycles. The molecule has 0 aromatic heterocycles. The van der Waals surface area contributed by atoms with Crippen LogP contribution in [0.2, 0.25) is 5.02 Å². The molecular weight excluding hydrogens is 205 g/mol. The van der Waals surface area contributed by atoms with Crippen molar-refractivity contribution < 1.29 is 9.18 Å². The number of halogens is 2. The van der Waals surface area contributed by atoms with E-state index < -0.39 is 5.82 Å². The van der Waals surface area contributed by atoms with E-state index in [4.69, 9.17) is 11.6 Å². The number of nitrogens with one attached hydrogen (secondary N) is 1. The highest BCUT2D eigenvalue weighted by molar-refractivity contribution is 6.30. The van der Waals surface area contributed by atoms with Gasteiger partial charge in [0, 0.05) is 11.6 Å². The summed E-state index contributed by atoms with van der Waals surface area (Å²) >= 11 is 5.57. The lowest BCUT2D eigenvalue weighted by Crippen LogP contribution is -2.24. The second kappa shape index (κ2) is 4.96. The maximum atomic E-state index is 13.2. The van der Waals surface area contributed by atoms with E-state index in [1.54, 1.807) is 6.07 Å². The quantitative estimate of drug-likeness (QED) is 0.823. The van der Waals surface area contributed by atoms with Crippen LogP contribution in [0.25, 0.3) is 0 Å². The Morgan fingerprint density at radius 1 is 1.57 bits per heavy atom. The van der Waals surface area contributed by atoms with Gasteiger partial charge in [-0.3, -0.25) is 4.79 Å². The number of amides is 1. The molecule has 0 aliphatic rings. The molecule has 0 saturated heterocycles. The van der Waals surface area contributed by atoms with Crippen molar-refractivity contribution in [2.24, 2.45) is 0 Å². The van der Waals surface area contributed by atoms with Gasteiger partial charge in [-0.2, -0.15) is 0 Å².